The Kier molecular flexibility index (Phi) is 3.36. The molecule has 0 spiro atoms. The van der Waals surface area contributed by atoms with Gasteiger partial charge in [-0.3, -0.25) is 14.5 Å². The van der Waals surface area contributed by atoms with Crippen LogP contribution in [0.4, 0.5) is 13.2 Å². The highest BCUT2D eigenvalue weighted by atomic mass is 19.4. The molecule has 24 heavy (non-hydrogen) atoms. The zero-order valence-corrected chi connectivity index (χ0v) is 12.8. The molecule has 1 aliphatic carbocycles. The standard InChI is InChI=1S/C16H15F3N4O/c17-16(18,19)15-12-2-1-3-13(12)23(21-15)9-14(24)22-7-10-4-5-20-6-11(10)8-22/h4-6H,1-3,7-9H2. The number of hydrogen-bond donors (Lipinski definition) is 0. The maximum absolute atomic E-state index is 13.1. The molecule has 0 unspecified atom stereocenters. The number of nitrogens with zero attached hydrogens (tertiary/aromatic N) is 4. The predicted molar refractivity (Wildman–Crippen MR) is 77.7 cm³/mol. The van der Waals surface area contributed by atoms with Crippen LogP contribution in [0.25, 0.3) is 0 Å². The molecule has 5 nitrogen and oxygen atoms in total. The molecule has 0 atom stereocenters. The van der Waals surface area contributed by atoms with Crippen molar-refractivity contribution >= 4 is 5.91 Å². The highest BCUT2D eigenvalue weighted by Gasteiger charge is 2.40. The molecule has 0 radical (unpaired) electrons. The molecule has 8 heteroatoms. The topological polar surface area (TPSA) is 51.0 Å². The number of hydrogen-bond acceptors (Lipinski definition) is 3. The number of rotatable bonds is 2. The van der Waals surface area contributed by atoms with Crippen LogP contribution in [-0.4, -0.2) is 25.6 Å². The second kappa shape index (κ2) is 5.32. The van der Waals surface area contributed by atoms with Crippen LogP contribution in [-0.2, 0) is 43.4 Å². The Labute approximate surface area is 136 Å². The van der Waals surface area contributed by atoms with Gasteiger partial charge in [0, 0.05) is 36.7 Å². The van der Waals surface area contributed by atoms with Crippen LogP contribution >= 0.6 is 0 Å². The van der Waals surface area contributed by atoms with E-state index in [0.717, 1.165) is 11.1 Å². The number of amides is 1. The van der Waals surface area contributed by atoms with Gasteiger partial charge in [-0.05, 0) is 36.5 Å². The first-order valence-electron chi connectivity index (χ1n) is 7.79. The normalized spacial score (nSPS) is 16.4. The number of halogens is 3. The highest BCUT2D eigenvalue weighted by molar-refractivity contribution is 5.76. The molecule has 4 rings (SSSR count). The third-order valence-electron chi connectivity index (χ3n) is 4.64. The summed E-state index contributed by atoms with van der Waals surface area (Å²) in [5, 5.41) is 3.70. The molecule has 2 aromatic heterocycles. The number of carbonyl (C=O) groups is 1. The van der Waals surface area contributed by atoms with Gasteiger partial charge in [-0.1, -0.05) is 0 Å². The molecule has 0 saturated heterocycles. The lowest BCUT2D eigenvalue weighted by molar-refractivity contribution is -0.142. The first kappa shape index (κ1) is 15.2. The minimum absolute atomic E-state index is 0.153. The van der Waals surface area contributed by atoms with Crippen molar-refractivity contribution in [1.82, 2.24) is 19.7 Å². The molecule has 0 N–H and O–H groups in total. The summed E-state index contributed by atoms with van der Waals surface area (Å²) in [4.78, 5) is 18.2. The van der Waals surface area contributed by atoms with Gasteiger partial charge in [-0.25, -0.2) is 0 Å². The molecule has 126 valence electrons. The summed E-state index contributed by atoms with van der Waals surface area (Å²) in [6.45, 7) is 0.754. The van der Waals surface area contributed by atoms with E-state index in [9.17, 15) is 18.0 Å². The fraction of sp³-hybridized carbons (Fsp3) is 0.438. The van der Waals surface area contributed by atoms with Gasteiger partial charge in [0.05, 0.1) is 0 Å². The third-order valence-corrected chi connectivity index (χ3v) is 4.64. The molecular formula is C16H15F3N4O. The molecule has 1 aliphatic heterocycles. The van der Waals surface area contributed by atoms with Crippen molar-refractivity contribution < 1.29 is 18.0 Å². The molecule has 0 fully saturated rings. The summed E-state index contributed by atoms with van der Waals surface area (Å²) in [7, 11) is 0. The number of aromatic nitrogens is 3. The molecule has 2 aliphatic rings. The molecule has 0 aromatic carbocycles. The Hall–Kier alpha value is -2.38. The fourth-order valence-corrected chi connectivity index (χ4v) is 3.49. The van der Waals surface area contributed by atoms with Crippen LogP contribution in [0.5, 0.6) is 0 Å². The van der Waals surface area contributed by atoms with Crippen LogP contribution in [0.3, 0.4) is 0 Å². The largest absolute Gasteiger partial charge is 0.435 e. The summed E-state index contributed by atoms with van der Waals surface area (Å²) in [6.07, 6.45) is 0.497. The van der Waals surface area contributed by atoms with Gasteiger partial charge >= 0.3 is 6.18 Å². The monoisotopic (exact) mass is 336 g/mol. The second-order valence-electron chi connectivity index (χ2n) is 6.18. The Morgan fingerprint density at radius 3 is 2.75 bits per heavy atom. The fourth-order valence-electron chi connectivity index (χ4n) is 3.49. The summed E-state index contributed by atoms with van der Waals surface area (Å²) in [5.74, 6) is -0.225. The minimum atomic E-state index is -4.47. The van der Waals surface area contributed by atoms with E-state index >= 15 is 0 Å². The van der Waals surface area contributed by atoms with Crippen molar-refractivity contribution in [3.8, 4) is 0 Å². The van der Waals surface area contributed by atoms with E-state index in [1.807, 2.05) is 6.07 Å². The lowest BCUT2D eigenvalue weighted by atomic mass is 10.2. The highest BCUT2D eigenvalue weighted by Crippen LogP contribution is 2.36. The first-order valence-corrected chi connectivity index (χ1v) is 7.79. The molecule has 0 saturated carbocycles. The van der Waals surface area contributed by atoms with Gasteiger partial charge in [0.2, 0.25) is 5.91 Å². The van der Waals surface area contributed by atoms with E-state index in [-0.39, 0.29) is 18.0 Å². The first-order chi connectivity index (χ1) is 11.4. The van der Waals surface area contributed by atoms with E-state index in [2.05, 4.69) is 10.1 Å². The van der Waals surface area contributed by atoms with Gasteiger partial charge < -0.3 is 4.90 Å². The van der Waals surface area contributed by atoms with Gasteiger partial charge in [-0.2, -0.15) is 18.3 Å². The lowest BCUT2D eigenvalue weighted by Gasteiger charge is -2.16. The number of fused-ring (bicyclic) bond motifs is 2. The maximum atomic E-state index is 13.1. The van der Waals surface area contributed by atoms with E-state index < -0.39 is 11.9 Å². The van der Waals surface area contributed by atoms with Crippen molar-refractivity contribution in [3.05, 3.63) is 46.5 Å². The van der Waals surface area contributed by atoms with E-state index in [0.29, 0.717) is 38.0 Å². The number of pyridine rings is 1. The zero-order chi connectivity index (χ0) is 16.9. The molecule has 0 bridgehead atoms. The smallest absolute Gasteiger partial charge is 0.332 e. The molecule has 1 amide bonds. The Bertz CT molecular complexity index is 787. The van der Waals surface area contributed by atoms with Crippen LogP contribution in [0.15, 0.2) is 18.5 Å². The molecule has 2 aromatic rings. The summed E-state index contributed by atoms with van der Waals surface area (Å²) in [5.41, 5.74) is 1.97. The Morgan fingerprint density at radius 1 is 1.21 bits per heavy atom. The van der Waals surface area contributed by atoms with E-state index in [4.69, 9.17) is 0 Å². The van der Waals surface area contributed by atoms with Crippen LogP contribution < -0.4 is 0 Å². The molecule has 3 heterocycles. The van der Waals surface area contributed by atoms with Crippen molar-refractivity contribution in [2.45, 2.75) is 45.1 Å². The van der Waals surface area contributed by atoms with Gasteiger partial charge in [0.1, 0.15) is 6.54 Å². The van der Waals surface area contributed by atoms with Gasteiger partial charge in [-0.15, -0.1) is 0 Å². The average molecular weight is 336 g/mol. The quantitative estimate of drug-likeness (QED) is 0.846. The minimum Gasteiger partial charge on any atom is -0.332 e. The zero-order valence-electron chi connectivity index (χ0n) is 12.8. The van der Waals surface area contributed by atoms with Crippen LogP contribution in [0.2, 0.25) is 0 Å². The van der Waals surface area contributed by atoms with Crippen molar-refractivity contribution in [2.24, 2.45) is 0 Å². The van der Waals surface area contributed by atoms with Crippen molar-refractivity contribution in [2.75, 3.05) is 0 Å². The van der Waals surface area contributed by atoms with Crippen LogP contribution in [0.1, 0.15) is 34.5 Å². The molecular weight excluding hydrogens is 321 g/mol. The SMILES string of the molecule is O=C(Cn1nc(C(F)(F)F)c2c1CCC2)N1Cc2ccncc2C1. The summed E-state index contributed by atoms with van der Waals surface area (Å²) in [6, 6.07) is 1.86. The second-order valence-corrected chi connectivity index (χ2v) is 6.18. The predicted octanol–water partition coefficient (Wildman–Crippen LogP) is 2.33. The van der Waals surface area contributed by atoms with E-state index in [1.165, 1.54) is 4.68 Å². The lowest BCUT2D eigenvalue weighted by Crippen LogP contribution is -2.30. The average Bonchev–Trinajstić information content (AvgIpc) is 3.20. The Balaban J connectivity index is 1.56. The van der Waals surface area contributed by atoms with E-state index in [1.54, 1.807) is 17.3 Å². The maximum Gasteiger partial charge on any atom is 0.435 e. The number of alkyl halides is 3. The third kappa shape index (κ3) is 2.46. The summed E-state index contributed by atoms with van der Waals surface area (Å²) >= 11 is 0. The summed E-state index contributed by atoms with van der Waals surface area (Å²) < 4.78 is 40.5. The van der Waals surface area contributed by atoms with Gasteiger partial charge in [0.15, 0.2) is 5.69 Å². The Morgan fingerprint density at radius 2 is 2.00 bits per heavy atom. The van der Waals surface area contributed by atoms with Crippen molar-refractivity contribution in [1.29, 1.82) is 0 Å². The van der Waals surface area contributed by atoms with Crippen molar-refractivity contribution in [3.63, 3.8) is 0 Å². The van der Waals surface area contributed by atoms with Gasteiger partial charge in [0.25, 0.3) is 0 Å². The van der Waals surface area contributed by atoms with Crippen LogP contribution in [0, 0.1) is 0 Å². The number of carbonyl (C=O) groups excluding carboxylic acids is 1.